The molecule has 0 aliphatic heterocycles. The van der Waals surface area contributed by atoms with Crippen molar-refractivity contribution in [2.24, 2.45) is 17.8 Å². The molecule has 3 fully saturated rings. The van der Waals surface area contributed by atoms with E-state index < -0.39 is 5.60 Å². The van der Waals surface area contributed by atoms with Gasteiger partial charge in [0.15, 0.2) is 0 Å². The Kier molecular flexibility index (Phi) is 4.21. The van der Waals surface area contributed by atoms with E-state index in [0.717, 1.165) is 32.1 Å². The molecule has 2 aromatic carbocycles. The summed E-state index contributed by atoms with van der Waals surface area (Å²) in [5.41, 5.74) is 4.47. The lowest BCUT2D eigenvalue weighted by molar-refractivity contribution is -0.00600. The second kappa shape index (κ2) is 6.84. The minimum absolute atomic E-state index is 0.0878. The fourth-order valence-corrected chi connectivity index (χ4v) is 7.09. The molecule has 4 aliphatic rings. The van der Waals surface area contributed by atoms with Crippen molar-refractivity contribution in [3.05, 3.63) is 59.7 Å². The Bertz CT molecular complexity index is 942. The molecule has 156 valence electrons. The number of ether oxygens (including phenoxy) is 1. The van der Waals surface area contributed by atoms with Crippen LogP contribution in [0.3, 0.4) is 0 Å². The molecule has 5 atom stereocenters. The van der Waals surface area contributed by atoms with Crippen LogP contribution in [0.4, 0.5) is 4.79 Å². The van der Waals surface area contributed by atoms with Crippen molar-refractivity contribution in [3.63, 3.8) is 0 Å². The van der Waals surface area contributed by atoms with Gasteiger partial charge in [-0.1, -0.05) is 48.5 Å². The van der Waals surface area contributed by atoms with E-state index >= 15 is 0 Å². The van der Waals surface area contributed by atoms with Gasteiger partial charge >= 0.3 is 6.09 Å². The van der Waals surface area contributed by atoms with Gasteiger partial charge in [-0.05, 0) is 78.5 Å². The van der Waals surface area contributed by atoms with E-state index in [2.05, 4.69) is 53.8 Å². The number of fused-ring (bicyclic) bond motifs is 5. The number of aliphatic hydroxyl groups is 1. The lowest BCUT2D eigenvalue weighted by Crippen LogP contribution is -2.42. The van der Waals surface area contributed by atoms with Crippen LogP contribution in [0.2, 0.25) is 0 Å². The highest BCUT2D eigenvalue weighted by molar-refractivity contribution is 5.79. The van der Waals surface area contributed by atoms with Gasteiger partial charge in [0.25, 0.3) is 0 Å². The molecule has 0 spiro atoms. The van der Waals surface area contributed by atoms with Crippen molar-refractivity contribution in [1.82, 2.24) is 5.32 Å². The van der Waals surface area contributed by atoms with Crippen molar-refractivity contribution in [2.45, 2.75) is 56.1 Å². The first-order valence-corrected chi connectivity index (χ1v) is 11.4. The van der Waals surface area contributed by atoms with Crippen LogP contribution in [-0.4, -0.2) is 29.4 Å². The summed E-state index contributed by atoms with van der Waals surface area (Å²) in [6, 6.07) is 16.9. The molecule has 0 heterocycles. The molecule has 3 bridgehead atoms. The maximum Gasteiger partial charge on any atom is 0.407 e. The van der Waals surface area contributed by atoms with E-state index in [9.17, 15) is 9.90 Å². The Morgan fingerprint density at radius 3 is 2.43 bits per heavy atom. The summed E-state index contributed by atoms with van der Waals surface area (Å²) >= 11 is 0. The molecular formula is C26H29NO3. The second-order valence-corrected chi connectivity index (χ2v) is 10.0. The molecule has 4 aliphatic carbocycles. The molecule has 30 heavy (non-hydrogen) atoms. The molecule has 0 aromatic heterocycles. The number of carbonyl (C=O) groups is 1. The Balaban J connectivity index is 1.15. The van der Waals surface area contributed by atoms with Crippen LogP contribution in [0.25, 0.3) is 11.1 Å². The zero-order valence-corrected chi connectivity index (χ0v) is 17.2. The van der Waals surface area contributed by atoms with E-state index in [1.165, 1.54) is 28.7 Å². The van der Waals surface area contributed by atoms with Crippen LogP contribution >= 0.6 is 0 Å². The van der Waals surface area contributed by atoms with Crippen LogP contribution in [0.15, 0.2) is 48.5 Å². The smallest absolute Gasteiger partial charge is 0.407 e. The maximum absolute atomic E-state index is 12.8. The molecule has 6 rings (SSSR count). The summed E-state index contributed by atoms with van der Waals surface area (Å²) in [7, 11) is 0. The average Bonchev–Trinajstić information content (AvgIpc) is 3.15. The maximum atomic E-state index is 12.8. The van der Waals surface area contributed by atoms with Crippen LogP contribution in [0.1, 0.15) is 55.6 Å². The SMILES string of the molecule is O=C(NC1CCC2CC3CC(O)(C2)CC31)OCC1c2ccccc2-c2ccccc21. The van der Waals surface area contributed by atoms with Gasteiger partial charge in [0.05, 0.1) is 5.60 Å². The summed E-state index contributed by atoms with van der Waals surface area (Å²) < 4.78 is 5.78. The summed E-state index contributed by atoms with van der Waals surface area (Å²) in [6.07, 6.45) is 5.72. The Labute approximate surface area is 177 Å². The Hall–Kier alpha value is -2.33. The molecule has 3 saturated carbocycles. The quantitative estimate of drug-likeness (QED) is 0.770. The van der Waals surface area contributed by atoms with Crippen molar-refractivity contribution in [3.8, 4) is 11.1 Å². The number of hydrogen-bond donors (Lipinski definition) is 2. The molecule has 4 nitrogen and oxygen atoms in total. The van der Waals surface area contributed by atoms with Crippen LogP contribution in [-0.2, 0) is 4.74 Å². The van der Waals surface area contributed by atoms with Crippen molar-refractivity contribution in [2.75, 3.05) is 6.61 Å². The first kappa shape index (κ1) is 18.4. The molecule has 5 unspecified atom stereocenters. The lowest BCUT2D eigenvalue weighted by atomic mass is 9.77. The summed E-state index contributed by atoms with van der Waals surface area (Å²) in [5, 5.41) is 14.1. The van der Waals surface area contributed by atoms with Crippen molar-refractivity contribution < 1.29 is 14.6 Å². The molecular weight excluding hydrogens is 374 g/mol. The van der Waals surface area contributed by atoms with Gasteiger partial charge in [-0.2, -0.15) is 0 Å². The molecule has 0 saturated heterocycles. The topological polar surface area (TPSA) is 58.6 Å². The van der Waals surface area contributed by atoms with Crippen molar-refractivity contribution >= 4 is 6.09 Å². The predicted octanol–water partition coefficient (Wildman–Crippen LogP) is 4.85. The number of carbonyl (C=O) groups excluding carboxylic acids is 1. The minimum atomic E-state index is -0.486. The van der Waals surface area contributed by atoms with Crippen LogP contribution < -0.4 is 5.32 Å². The monoisotopic (exact) mass is 403 g/mol. The third kappa shape index (κ3) is 2.96. The molecule has 1 amide bonds. The first-order valence-electron chi connectivity index (χ1n) is 11.4. The van der Waals surface area contributed by atoms with Gasteiger partial charge < -0.3 is 15.2 Å². The summed E-state index contributed by atoms with van der Waals surface area (Å²) in [6.45, 7) is 0.354. The fourth-order valence-electron chi connectivity index (χ4n) is 7.09. The van der Waals surface area contributed by atoms with E-state index in [1.807, 2.05) is 0 Å². The predicted molar refractivity (Wildman–Crippen MR) is 115 cm³/mol. The third-order valence-corrected chi connectivity index (χ3v) is 8.22. The Morgan fingerprint density at radius 2 is 1.70 bits per heavy atom. The molecule has 2 aromatic rings. The van der Waals surface area contributed by atoms with E-state index in [0.29, 0.717) is 24.4 Å². The lowest BCUT2D eigenvalue weighted by Gasteiger charge is -2.33. The zero-order valence-electron chi connectivity index (χ0n) is 17.2. The van der Waals surface area contributed by atoms with E-state index in [4.69, 9.17) is 4.74 Å². The van der Waals surface area contributed by atoms with Crippen molar-refractivity contribution in [1.29, 1.82) is 0 Å². The highest BCUT2D eigenvalue weighted by Gasteiger charge is 2.53. The largest absolute Gasteiger partial charge is 0.449 e. The first-order chi connectivity index (χ1) is 14.6. The molecule has 4 heteroatoms. The minimum Gasteiger partial charge on any atom is -0.449 e. The fraction of sp³-hybridized carbons (Fsp3) is 0.500. The second-order valence-electron chi connectivity index (χ2n) is 10.0. The van der Waals surface area contributed by atoms with E-state index in [1.54, 1.807) is 0 Å². The number of nitrogens with one attached hydrogen (secondary N) is 1. The van der Waals surface area contributed by atoms with Gasteiger partial charge in [0, 0.05) is 12.0 Å². The zero-order chi connectivity index (χ0) is 20.3. The van der Waals surface area contributed by atoms with Crippen LogP contribution in [0.5, 0.6) is 0 Å². The standard InChI is InChI=1S/C26H29NO3/c28-25(27-24-10-9-16-11-17-13-26(29,12-16)14-22(17)24)30-15-23-20-7-3-1-5-18(20)19-6-2-4-8-21(19)23/h1-8,16-17,22-24,29H,9-15H2,(H,27,28). The van der Waals surface area contributed by atoms with Gasteiger partial charge in [0.1, 0.15) is 6.61 Å². The van der Waals surface area contributed by atoms with Gasteiger partial charge in [0.2, 0.25) is 0 Å². The normalized spacial score (nSPS) is 33.6. The van der Waals surface area contributed by atoms with Crippen LogP contribution in [0, 0.1) is 17.8 Å². The Morgan fingerprint density at radius 1 is 1.00 bits per heavy atom. The van der Waals surface area contributed by atoms with Gasteiger partial charge in [-0.3, -0.25) is 0 Å². The highest BCUT2D eigenvalue weighted by atomic mass is 16.5. The average molecular weight is 404 g/mol. The third-order valence-electron chi connectivity index (χ3n) is 8.22. The number of benzene rings is 2. The summed E-state index contributed by atoms with van der Waals surface area (Å²) in [5.74, 6) is 1.65. The van der Waals surface area contributed by atoms with Gasteiger partial charge in [-0.15, -0.1) is 0 Å². The molecule has 2 N–H and O–H groups in total. The number of alkyl carbamates (subject to hydrolysis) is 1. The number of hydrogen-bond acceptors (Lipinski definition) is 3. The summed E-state index contributed by atoms with van der Waals surface area (Å²) in [4.78, 5) is 12.8. The number of rotatable bonds is 3. The highest BCUT2D eigenvalue weighted by Crippen LogP contribution is 2.55. The molecule has 0 radical (unpaired) electrons. The number of amides is 1. The van der Waals surface area contributed by atoms with E-state index in [-0.39, 0.29) is 18.1 Å². The van der Waals surface area contributed by atoms with Gasteiger partial charge in [-0.25, -0.2) is 4.79 Å².